The van der Waals surface area contributed by atoms with Crippen molar-refractivity contribution in [2.75, 3.05) is 12.9 Å². The molecule has 2 nitrogen and oxygen atoms in total. The van der Waals surface area contributed by atoms with Gasteiger partial charge in [0.05, 0.1) is 13.2 Å². The standard InChI is InChI=1S/C10H12O2S/c1-12-10-4-2-3-7-8(10)5-13-6-9(7)11/h2-4,9,11H,5-6H2,1H3/t9-/m0/s1. The summed E-state index contributed by atoms with van der Waals surface area (Å²) < 4.78 is 5.24. The zero-order chi connectivity index (χ0) is 9.26. The van der Waals surface area contributed by atoms with Gasteiger partial charge in [-0.3, -0.25) is 0 Å². The minimum absolute atomic E-state index is 0.330. The highest BCUT2D eigenvalue weighted by Crippen LogP contribution is 2.36. The molecule has 1 N–H and O–H groups in total. The van der Waals surface area contributed by atoms with Gasteiger partial charge in [-0.25, -0.2) is 0 Å². The lowest BCUT2D eigenvalue weighted by Gasteiger charge is -2.22. The number of thioether (sulfide) groups is 1. The molecule has 13 heavy (non-hydrogen) atoms. The van der Waals surface area contributed by atoms with Gasteiger partial charge < -0.3 is 9.84 Å². The monoisotopic (exact) mass is 196 g/mol. The average Bonchev–Trinajstić information content (AvgIpc) is 2.18. The summed E-state index contributed by atoms with van der Waals surface area (Å²) in [7, 11) is 1.67. The van der Waals surface area contributed by atoms with E-state index in [1.165, 1.54) is 0 Å². The van der Waals surface area contributed by atoms with Crippen molar-refractivity contribution >= 4 is 11.8 Å². The topological polar surface area (TPSA) is 29.5 Å². The van der Waals surface area contributed by atoms with Crippen LogP contribution < -0.4 is 4.74 Å². The van der Waals surface area contributed by atoms with Crippen molar-refractivity contribution in [1.29, 1.82) is 0 Å². The highest BCUT2D eigenvalue weighted by Gasteiger charge is 2.20. The van der Waals surface area contributed by atoms with Crippen LogP contribution in [0, 0.1) is 0 Å². The largest absolute Gasteiger partial charge is 0.496 e. The molecule has 1 aromatic carbocycles. The number of aliphatic hydroxyl groups is 1. The lowest BCUT2D eigenvalue weighted by Crippen LogP contribution is -2.10. The predicted molar refractivity (Wildman–Crippen MR) is 54.1 cm³/mol. The Bertz CT molecular complexity index is 312. The van der Waals surface area contributed by atoms with Crippen LogP contribution in [-0.2, 0) is 5.75 Å². The molecule has 1 aliphatic heterocycles. The van der Waals surface area contributed by atoms with Crippen molar-refractivity contribution in [1.82, 2.24) is 0 Å². The van der Waals surface area contributed by atoms with Crippen molar-refractivity contribution < 1.29 is 9.84 Å². The van der Waals surface area contributed by atoms with Crippen LogP contribution >= 0.6 is 11.8 Å². The molecule has 0 radical (unpaired) electrons. The first-order valence-electron chi connectivity index (χ1n) is 4.24. The molecule has 0 fully saturated rings. The molecule has 0 aromatic heterocycles. The van der Waals surface area contributed by atoms with E-state index in [1.807, 2.05) is 18.2 Å². The number of hydrogen-bond donors (Lipinski definition) is 1. The molecule has 0 saturated carbocycles. The Morgan fingerprint density at radius 1 is 1.54 bits per heavy atom. The van der Waals surface area contributed by atoms with Crippen LogP contribution in [0.4, 0.5) is 0 Å². The first-order valence-corrected chi connectivity index (χ1v) is 5.40. The lowest BCUT2D eigenvalue weighted by atomic mass is 10.0. The van der Waals surface area contributed by atoms with Crippen molar-refractivity contribution in [2.45, 2.75) is 11.9 Å². The summed E-state index contributed by atoms with van der Waals surface area (Å²) in [6.45, 7) is 0. The molecule has 0 unspecified atom stereocenters. The number of benzene rings is 1. The number of rotatable bonds is 1. The minimum Gasteiger partial charge on any atom is -0.496 e. The van der Waals surface area contributed by atoms with Crippen LogP contribution in [0.15, 0.2) is 18.2 Å². The normalized spacial score (nSPS) is 20.9. The first kappa shape index (κ1) is 8.91. The van der Waals surface area contributed by atoms with E-state index in [2.05, 4.69) is 0 Å². The zero-order valence-electron chi connectivity index (χ0n) is 7.49. The molecule has 2 rings (SSSR count). The van der Waals surface area contributed by atoms with Crippen molar-refractivity contribution in [3.8, 4) is 5.75 Å². The Labute approximate surface area is 81.9 Å². The second-order valence-electron chi connectivity index (χ2n) is 3.06. The Kier molecular flexibility index (Phi) is 2.47. The fourth-order valence-electron chi connectivity index (χ4n) is 1.60. The summed E-state index contributed by atoms with van der Waals surface area (Å²) in [4.78, 5) is 0. The third-order valence-corrected chi connectivity index (χ3v) is 3.31. The van der Waals surface area contributed by atoms with Crippen molar-refractivity contribution in [3.63, 3.8) is 0 Å². The van der Waals surface area contributed by atoms with E-state index >= 15 is 0 Å². The summed E-state index contributed by atoms with van der Waals surface area (Å²) in [6.07, 6.45) is -0.330. The highest BCUT2D eigenvalue weighted by atomic mass is 32.2. The van der Waals surface area contributed by atoms with Gasteiger partial charge in [0.2, 0.25) is 0 Å². The average molecular weight is 196 g/mol. The smallest absolute Gasteiger partial charge is 0.123 e. The van der Waals surface area contributed by atoms with E-state index < -0.39 is 0 Å². The van der Waals surface area contributed by atoms with Gasteiger partial charge in [-0.1, -0.05) is 12.1 Å². The molecule has 1 heterocycles. The zero-order valence-corrected chi connectivity index (χ0v) is 8.30. The molecule has 0 bridgehead atoms. The molecule has 1 aliphatic rings. The summed E-state index contributed by atoms with van der Waals surface area (Å²) in [5.41, 5.74) is 2.17. The van der Waals surface area contributed by atoms with Gasteiger partial charge in [0.25, 0.3) is 0 Å². The molecule has 0 aliphatic carbocycles. The Balaban J connectivity index is 2.48. The van der Waals surface area contributed by atoms with Gasteiger partial charge in [0, 0.05) is 17.1 Å². The molecule has 70 valence electrons. The van der Waals surface area contributed by atoms with E-state index in [0.717, 1.165) is 28.4 Å². The third kappa shape index (κ3) is 1.54. The van der Waals surface area contributed by atoms with Gasteiger partial charge in [-0.2, -0.15) is 11.8 Å². The second kappa shape index (κ2) is 3.60. The quantitative estimate of drug-likeness (QED) is 0.744. The van der Waals surface area contributed by atoms with E-state index in [4.69, 9.17) is 4.74 Å². The van der Waals surface area contributed by atoms with Crippen molar-refractivity contribution in [2.24, 2.45) is 0 Å². The molecule has 1 aromatic rings. The highest BCUT2D eigenvalue weighted by molar-refractivity contribution is 7.98. The van der Waals surface area contributed by atoms with Crippen LogP contribution in [0.2, 0.25) is 0 Å². The van der Waals surface area contributed by atoms with Crippen LogP contribution in [0.25, 0.3) is 0 Å². The number of fused-ring (bicyclic) bond motifs is 1. The Hall–Kier alpha value is -0.670. The molecule has 0 saturated heterocycles. The lowest BCUT2D eigenvalue weighted by molar-refractivity contribution is 0.201. The van der Waals surface area contributed by atoms with E-state index in [1.54, 1.807) is 18.9 Å². The fourth-order valence-corrected chi connectivity index (χ4v) is 2.64. The van der Waals surface area contributed by atoms with Crippen LogP contribution in [0.3, 0.4) is 0 Å². The second-order valence-corrected chi connectivity index (χ2v) is 4.09. The number of hydrogen-bond acceptors (Lipinski definition) is 3. The Morgan fingerprint density at radius 2 is 2.38 bits per heavy atom. The van der Waals surface area contributed by atoms with Crippen LogP contribution in [-0.4, -0.2) is 18.0 Å². The molecule has 0 spiro atoms. The maximum atomic E-state index is 9.70. The molecular formula is C10H12O2S. The molecule has 3 heteroatoms. The molecular weight excluding hydrogens is 184 g/mol. The van der Waals surface area contributed by atoms with Crippen LogP contribution in [0.1, 0.15) is 17.2 Å². The van der Waals surface area contributed by atoms with Gasteiger partial charge >= 0.3 is 0 Å². The van der Waals surface area contributed by atoms with Gasteiger partial charge in [0.15, 0.2) is 0 Å². The van der Waals surface area contributed by atoms with Crippen molar-refractivity contribution in [3.05, 3.63) is 29.3 Å². The number of ether oxygens (including phenoxy) is 1. The van der Waals surface area contributed by atoms with Gasteiger partial charge in [-0.15, -0.1) is 0 Å². The summed E-state index contributed by atoms with van der Waals surface area (Å²) in [6, 6.07) is 5.84. The van der Waals surface area contributed by atoms with Gasteiger partial charge in [-0.05, 0) is 11.6 Å². The molecule has 0 amide bonds. The summed E-state index contributed by atoms with van der Waals surface area (Å²) in [5, 5.41) is 9.70. The first-order chi connectivity index (χ1) is 6.33. The maximum absolute atomic E-state index is 9.70. The maximum Gasteiger partial charge on any atom is 0.123 e. The number of aliphatic hydroxyl groups excluding tert-OH is 1. The fraction of sp³-hybridized carbons (Fsp3) is 0.400. The summed E-state index contributed by atoms with van der Waals surface area (Å²) in [5.74, 6) is 2.63. The van der Waals surface area contributed by atoms with E-state index in [-0.39, 0.29) is 6.10 Å². The van der Waals surface area contributed by atoms with E-state index in [9.17, 15) is 5.11 Å². The number of methoxy groups -OCH3 is 1. The Morgan fingerprint density at radius 3 is 3.15 bits per heavy atom. The van der Waals surface area contributed by atoms with E-state index in [0.29, 0.717) is 0 Å². The summed E-state index contributed by atoms with van der Waals surface area (Å²) >= 11 is 1.75. The molecule has 1 atom stereocenters. The SMILES string of the molecule is COc1cccc2c1CSC[C@@H]2O. The van der Waals surface area contributed by atoms with Gasteiger partial charge in [0.1, 0.15) is 5.75 Å². The van der Waals surface area contributed by atoms with Crippen LogP contribution in [0.5, 0.6) is 5.75 Å². The minimum atomic E-state index is -0.330. The third-order valence-electron chi connectivity index (χ3n) is 2.27. The predicted octanol–water partition coefficient (Wildman–Crippen LogP) is 1.98.